The van der Waals surface area contributed by atoms with Gasteiger partial charge in [0.15, 0.2) is 0 Å². The molecule has 0 fully saturated rings. The molecule has 23 heavy (non-hydrogen) atoms. The fourth-order valence-electron chi connectivity index (χ4n) is 2.60. The zero-order valence-corrected chi connectivity index (χ0v) is 14.3. The second-order valence-electron chi connectivity index (χ2n) is 5.23. The number of halogens is 3. The van der Waals surface area contributed by atoms with Crippen LogP contribution in [0.25, 0.3) is 0 Å². The number of aliphatic hydroxyl groups is 1. The molecule has 0 unspecified atom stereocenters. The van der Waals surface area contributed by atoms with Crippen molar-refractivity contribution in [2.45, 2.75) is 5.60 Å². The molecule has 3 aromatic rings. The van der Waals surface area contributed by atoms with Crippen LogP contribution < -0.4 is 0 Å². The van der Waals surface area contributed by atoms with Crippen LogP contribution in [0, 0.1) is 0 Å². The largest absolute Gasteiger partial charge is 0.376 e. The summed E-state index contributed by atoms with van der Waals surface area (Å²) in [6.07, 6.45) is 0. The summed E-state index contributed by atoms with van der Waals surface area (Å²) in [6, 6.07) is 21.4. The molecule has 0 saturated heterocycles. The minimum absolute atomic E-state index is 0.559. The number of hydrogen-bond acceptors (Lipinski definition) is 1. The van der Waals surface area contributed by atoms with E-state index in [-0.39, 0.29) is 0 Å². The molecule has 1 N–H and O–H groups in total. The quantitative estimate of drug-likeness (QED) is 0.572. The molecule has 0 aliphatic heterocycles. The molecule has 0 bridgehead atoms. The van der Waals surface area contributed by atoms with E-state index in [1.165, 1.54) is 0 Å². The molecule has 0 atom stereocenters. The topological polar surface area (TPSA) is 20.2 Å². The Morgan fingerprint density at radius 2 is 1.04 bits per heavy atom. The smallest absolute Gasteiger partial charge is 0.140 e. The van der Waals surface area contributed by atoms with Gasteiger partial charge < -0.3 is 5.11 Å². The van der Waals surface area contributed by atoms with Crippen LogP contribution in [-0.4, -0.2) is 5.11 Å². The third-order valence-electron chi connectivity index (χ3n) is 3.77. The lowest BCUT2D eigenvalue weighted by molar-refractivity contribution is 0.125. The summed E-state index contributed by atoms with van der Waals surface area (Å²) < 4.78 is 0. The van der Waals surface area contributed by atoms with Crippen LogP contribution in [0.4, 0.5) is 0 Å². The van der Waals surface area contributed by atoms with Crippen molar-refractivity contribution in [2.75, 3.05) is 0 Å². The van der Waals surface area contributed by atoms with Gasteiger partial charge in [-0.2, -0.15) is 0 Å². The second-order valence-corrected chi connectivity index (χ2v) is 6.54. The Labute approximate surface area is 150 Å². The van der Waals surface area contributed by atoms with E-state index in [9.17, 15) is 5.11 Å². The van der Waals surface area contributed by atoms with Crippen molar-refractivity contribution >= 4 is 34.8 Å². The first-order valence-corrected chi connectivity index (χ1v) is 8.14. The Kier molecular flexibility index (Phi) is 4.65. The van der Waals surface area contributed by atoms with Crippen LogP contribution in [-0.2, 0) is 5.60 Å². The average Bonchev–Trinajstić information content (AvgIpc) is 2.55. The van der Waals surface area contributed by atoms with Crippen LogP contribution in [0.3, 0.4) is 0 Å². The lowest BCUT2D eigenvalue weighted by Gasteiger charge is -2.30. The predicted octanol–water partition coefficient (Wildman–Crippen LogP) is 5.93. The summed E-state index contributed by atoms with van der Waals surface area (Å²) in [5.74, 6) is 0. The first-order chi connectivity index (χ1) is 11.0. The molecule has 0 aliphatic carbocycles. The highest BCUT2D eigenvalue weighted by Gasteiger charge is 2.33. The van der Waals surface area contributed by atoms with Gasteiger partial charge >= 0.3 is 0 Å². The molecule has 0 aliphatic rings. The van der Waals surface area contributed by atoms with Crippen molar-refractivity contribution < 1.29 is 5.11 Å². The van der Waals surface area contributed by atoms with Gasteiger partial charge in [0, 0.05) is 15.1 Å². The van der Waals surface area contributed by atoms with Gasteiger partial charge in [-0.15, -0.1) is 0 Å². The fourth-order valence-corrected chi connectivity index (χ4v) is 3.04. The third-order valence-corrected chi connectivity index (χ3v) is 4.51. The molecule has 0 amide bonds. The molecule has 0 heterocycles. The van der Waals surface area contributed by atoms with Gasteiger partial charge in [-0.3, -0.25) is 0 Å². The van der Waals surface area contributed by atoms with E-state index < -0.39 is 5.60 Å². The number of hydrogen-bond donors (Lipinski definition) is 1. The minimum Gasteiger partial charge on any atom is -0.376 e. The highest BCUT2D eigenvalue weighted by Crippen LogP contribution is 2.38. The number of rotatable bonds is 3. The molecular weight excluding hydrogens is 351 g/mol. The summed E-state index contributed by atoms with van der Waals surface area (Å²) in [6.45, 7) is 0. The van der Waals surface area contributed by atoms with Gasteiger partial charge in [-0.1, -0.05) is 71.2 Å². The molecule has 3 rings (SSSR count). The maximum Gasteiger partial charge on any atom is 0.140 e. The normalized spacial score (nSPS) is 11.5. The molecule has 1 nitrogen and oxygen atoms in total. The van der Waals surface area contributed by atoms with E-state index in [2.05, 4.69) is 0 Å². The molecule has 3 aromatic carbocycles. The fraction of sp³-hybridized carbons (Fsp3) is 0.0526. The molecule has 0 aromatic heterocycles. The summed E-state index contributed by atoms with van der Waals surface area (Å²) in [5, 5.41) is 13.4. The van der Waals surface area contributed by atoms with E-state index in [0.717, 1.165) is 0 Å². The molecular formula is C19H13Cl3O. The van der Waals surface area contributed by atoms with Crippen LogP contribution >= 0.6 is 34.8 Å². The number of benzene rings is 3. The summed E-state index contributed by atoms with van der Waals surface area (Å²) in [4.78, 5) is 0. The van der Waals surface area contributed by atoms with Crippen molar-refractivity contribution in [1.82, 2.24) is 0 Å². The van der Waals surface area contributed by atoms with E-state index in [1.807, 2.05) is 12.1 Å². The SMILES string of the molecule is OC(c1ccc(Cl)cc1)(c1ccc(Cl)cc1)c1cccc(Cl)c1. The molecule has 0 radical (unpaired) electrons. The van der Waals surface area contributed by atoms with Crippen molar-refractivity contribution in [1.29, 1.82) is 0 Å². The highest BCUT2D eigenvalue weighted by atomic mass is 35.5. The highest BCUT2D eigenvalue weighted by molar-refractivity contribution is 6.31. The minimum atomic E-state index is -1.35. The molecule has 116 valence electrons. The van der Waals surface area contributed by atoms with Crippen LogP contribution in [0.2, 0.25) is 15.1 Å². The monoisotopic (exact) mass is 362 g/mol. The summed E-state index contributed by atoms with van der Waals surface area (Å²) >= 11 is 18.1. The van der Waals surface area contributed by atoms with Gasteiger partial charge in [0.1, 0.15) is 5.60 Å². The average molecular weight is 364 g/mol. The maximum atomic E-state index is 11.6. The Morgan fingerprint density at radius 1 is 0.565 bits per heavy atom. The van der Waals surface area contributed by atoms with E-state index in [4.69, 9.17) is 34.8 Å². The summed E-state index contributed by atoms with van der Waals surface area (Å²) in [7, 11) is 0. The van der Waals surface area contributed by atoms with Crippen molar-refractivity contribution in [3.8, 4) is 0 Å². The Balaban J connectivity index is 2.24. The van der Waals surface area contributed by atoms with Crippen LogP contribution in [0.1, 0.15) is 16.7 Å². The van der Waals surface area contributed by atoms with E-state index >= 15 is 0 Å². The van der Waals surface area contributed by atoms with Crippen molar-refractivity contribution in [3.05, 3.63) is 105 Å². The summed E-state index contributed by atoms with van der Waals surface area (Å²) in [5.41, 5.74) is 0.729. The van der Waals surface area contributed by atoms with E-state index in [1.54, 1.807) is 60.7 Å². The lowest BCUT2D eigenvalue weighted by atomic mass is 9.80. The van der Waals surface area contributed by atoms with Gasteiger partial charge in [-0.05, 0) is 53.1 Å². The zero-order valence-electron chi connectivity index (χ0n) is 12.0. The van der Waals surface area contributed by atoms with Crippen LogP contribution in [0.15, 0.2) is 72.8 Å². The Bertz CT molecular complexity index is 765. The molecule has 4 heteroatoms. The third kappa shape index (κ3) is 3.24. The molecule has 0 saturated carbocycles. The molecule has 0 spiro atoms. The first-order valence-electron chi connectivity index (χ1n) is 7.00. The lowest BCUT2D eigenvalue weighted by Crippen LogP contribution is -2.28. The first kappa shape index (κ1) is 16.4. The Morgan fingerprint density at radius 3 is 1.48 bits per heavy atom. The maximum absolute atomic E-state index is 11.6. The zero-order chi connectivity index (χ0) is 16.4. The standard InChI is InChI=1S/C19H13Cl3O/c20-16-8-4-13(5-9-16)19(23,14-6-10-17(21)11-7-14)15-2-1-3-18(22)12-15/h1-12,23H. The predicted molar refractivity (Wildman–Crippen MR) is 96.5 cm³/mol. The van der Waals surface area contributed by atoms with Gasteiger partial charge in [0.2, 0.25) is 0 Å². The second kappa shape index (κ2) is 6.54. The van der Waals surface area contributed by atoms with Crippen molar-refractivity contribution in [3.63, 3.8) is 0 Å². The van der Waals surface area contributed by atoms with Gasteiger partial charge in [0.05, 0.1) is 0 Å². The van der Waals surface area contributed by atoms with E-state index in [0.29, 0.717) is 31.8 Å². The van der Waals surface area contributed by atoms with Crippen molar-refractivity contribution in [2.24, 2.45) is 0 Å². The Hall–Kier alpha value is -1.51. The van der Waals surface area contributed by atoms with Gasteiger partial charge in [0.25, 0.3) is 0 Å². The van der Waals surface area contributed by atoms with Gasteiger partial charge in [-0.25, -0.2) is 0 Å². The van der Waals surface area contributed by atoms with Crippen LogP contribution in [0.5, 0.6) is 0 Å².